The fraction of sp³-hybridized carbons (Fsp3) is 0.400. The number of nitrogens with zero attached hydrogens (tertiary/aromatic N) is 3. The van der Waals surface area contributed by atoms with Gasteiger partial charge in [0.05, 0.1) is 4.70 Å². The van der Waals surface area contributed by atoms with Gasteiger partial charge in [-0.3, -0.25) is 4.98 Å². The lowest BCUT2D eigenvalue weighted by Gasteiger charge is -2.27. The van der Waals surface area contributed by atoms with Gasteiger partial charge in [0.2, 0.25) is 0 Å². The van der Waals surface area contributed by atoms with E-state index in [2.05, 4.69) is 25.6 Å². The Morgan fingerprint density at radius 2 is 2.12 bits per heavy atom. The summed E-state index contributed by atoms with van der Waals surface area (Å²) in [6.45, 7) is 4.11. The van der Waals surface area contributed by atoms with E-state index in [9.17, 15) is 0 Å². The van der Waals surface area contributed by atoms with Gasteiger partial charge >= 0.3 is 0 Å². The first-order valence-electron chi connectivity index (χ1n) is 5.11. The Balaban J connectivity index is 0.000000963. The molecule has 0 aliphatic carbocycles. The van der Waals surface area contributed by atoms with Gasteiger partial charge in [0.1, 0.15) is 5.52 Å². The Labute approximate surface area is 104 Å². The van der Waals surface area contributed by atoms with E-state index in [-0.39, 0.29) is 12.4 Å². The van der Waals surface area contributed by atoms with Crippen LogP contribution in [0.2, 0.25) is 0 Å². The minimum atomic E-state index is 0. The van der Waals surface area contributed by atoms with E-state index >= 15 is 0 Å². The number of hydrogen-bond acceptors (Lipinski definition) is 5. The maximum absolute atomic E-state index is 4.50. The molecular weight excluding hydrogens is 244 g/mol. The summed E-state index contributed by atoms with van der Waals surface area (Å²) in [5, 5.41) is 3.34. The van der Waals surface area contributed by atoms with E-state index in [1.807, 2.05) is 12.3 Å². The zero-order valence-electron chi connectivity index (χ0n) is 8.72. The molecular formula is C10H13ClN4S. The van der Waals surface area contributed by atoms with Gasteiger partial charge in [0.15, 0.2) is 5.82 Å². The average Bonchev–Trinajstić information content (AvgIpc) is 2.74. The Kier molecular flexibility index (Phi) is 3.58. The molecule has 1 aliphatic heterocycles. The van der Waals surface area contributed by atoms with E-state index in [0.717, 1.165) is 37.5 Å². The number of hydrogen-bond donors (Lipinski definition) is 1. The van der Waals surface area contributed by atoms with Crippen molar-refractivity contribution in [1.29, 1.82) is 0 Å². The lowest BCUT2D eigenvalue weighted by Crippen LogP contribution is -2.43. The van der Waals surface area contributed by atoms with Crippen LogP contribution in [0.3, 0.4) is 0 Å². The zero-order chi connectivity index (χ0) is 10.1. The van der Waals surface area contributed by atoms with Crippen LogP contribution in [-0.2, 0) is 0 Å². The van der Waals surface area contributed by atoms with Gasteiger partial charge in [-0.25, -0.2) is 0 Å². The minimum absolute atomic E-state index is 0. The molecule has 2 aromatic heterocycles. The molecule has 0 radical (unpaired) electrons. The Hall–Kier alpha value is -0.910. The number of pyridine rings is 1. The monoisotopic (exact) mass is 256 g/mol. The molecule has 2 aromatic rings. The highest BCUT2D eigenvalue weighted by molar-refractivity contribution is 7.13. The van der Waals surface area contributed by atoms with Gasteiger partial charge in [-0.15, -0.1) is 12.4 Å². The number of aromatic nitrogens is 2. The fourth-order valence-electron chi connectivity index (χ4n) is 1.85. The average molecular weight is 257 g/mol. The first-order chi connectivity index (χ1) is 7.45. The summed E-state index contributed by atoms with van der Waals surface area (Å²) in [5.41, 5.74) is 1.05. The normalized spacial score (nSPS) is 16.1. The molecule has 1 N–H and O–H groups in total. The van der Waals surface area contributed by atoms with Crippen LogP contribution in [0.25, 0.3) is 10.2 Å². The summed E-state index contributed by atoms with van der Waals surface area (Å²) in [6, 6.07) is 4.04. The van der Waals surface area contributed by atoms with E-state index < -0.39 is 0 Å². The molecule has 3 rings (SSSR count). The maximum Gasteiger partial charge on any atom is 0.168 e. The van der Waals surface area contributed by atoms with Gasteiger partial charge < -0.3 is 10.2 Å². The third-order valence-corrected chi connectivity index (χ3v) is 3.42. The Bertz CT molecular complexity index is 467. The quantitative estimate of drug-likeness (QED) is 0.840. The molecule has 1 fully saturated rings. The number of rotatable bonds is 1. The predicted molar refractivity (Wildman–Crippen MR) is 69.7 cm³/mol. The summed E-state index contributed by atoms with van der Waals surface area (Å²) in [6.07, 6.45) is 1.84. The molecule has 0 saturated carbocycles. The second-order valence-corrected chi connectivity index (χ2v) is 4.40. The van der Waals surface area contributed by atoms with Crippen LogP contribution in [0.1, 0.15) is 0 Å². The van der Waals surface area contributed by atoms with Crippen molar-refractivity contribution in [1.82, 2.24) is 14.7 Å². The highest BCUT2D eigenvalue weighted by Gasteiger charge is 2.16. The number of piperazine rings is 1. The topological polar surface area (TPSA) is 41.1 Å². The molecule has 4 nitrogen and oxygen atoms in total. The minimum Gasteiger partial charge on any atom is -0.351 e. The summed E-state index contributed by atoms with van der Waals surface area (Å²) >= 11 is 1.53. The van der Waals surface area contributed by atoms with Gasteiger partial charge in [-0.2, -0.15) is 4.37 Å². The van der Waals surface area contributed by atoms with Crippen molar-refractivity contribution >= 4 is 40.0 Å². The predicted octanol–water partition coefficient (Wildman–Crippen LogP) is 1.52. The van der Waals surface area contributed by atoms with Crippen molar-refractivity contribution in [3.8, 4) is 0 Å². The second-order valence-electron chi connectivity index (χ2n) is 3.59. The van der Waals surface area contributed by atoms with E-state index in [0.29, 0.717) is 0 Å². The van der Waals surface area contributed by atoms with Crippen LogP contribution in [-0.4, -0.2) is 35.5 Å². The van der Waals surface area contributed by atoms with Crippen LogP contribution in [0.15, 0.2) is 18.3 Å². The van der Waals surface area contributed by atoms with Gasteiger partial charge in [-0.1, -0.05) is 0 Å². The van der Waals surface area contributed by atoms with E-state index in [1.165, 1.54) is 16.2 Å². The number of fused-ring (bicyclic) bond motifs is 1. The number of halogens is 1. The number of nitrogens with one attached hydrogen (secondary N) is 1. The third kappa shape index (κ3) is 1.98. The highest BCUT2D eigenvalue weighted by atomic mass is 35.5. The molecule has 0 amide bonds. The molecule has 6 heteroatoms. The second kappa shape index (κ2) is 4.95. The summed E-state index contributed by atoms with van der Waals surface area (Å²) < 4.78 is 5.67. The van der Waals surface area contributed by atoms with Crippen molar-refractivity contribution in [3.05, 3.63) is 18.3 Å². The van der Waals surface area contributed by atoms with Crippen molar-refractivity contribution < 1.29 is 0 Å². The third-order valence-electron chi connectivity index (χ3n) is 2.63. The van der Waals surface area contributed by atoms with Crippen molar-refractivity contribution in [2.45, 2.75) is 0 Å². The van der Waals surface area contributed by atoms with Crippen LogP contribution in [0.5, 0.6) is 0 Å². The van der Waals surface area contributed by atoms with E-state index in [4.69, 9.17) is 0 Å². The molecule has 16 heavy (non-hydrogen) atoms. The molecule has 1 aliphatic rings. The molecule has 0 unspecified atom stereocenters. The van der Waals surface area contributed by atoms with E-state index in [1.54, 1.807) is 0 Å². The molecule has 3 heterocycles. The summed E-state index contributed by atoms with van der Waals surface area (Å²) in [7, 11) is 0. The molecule has 0 spiro atoms. The molecule has 0 atom stereocenters. The molecule has 1 saturated heterocycles. The van der Waals surface area contributed by atoms with Crippen LogP contribution >= 0.6 is 23.9 Å². The van der Waals surface area contributed by atoms with Gasteiger partial charge in [0.25, 0.3) is 0 Å². The summed E-state index contributed by atoms with van der Waals surface area (Å²) in [5.74, 6) is 1.05. The standard InChI is InChI=1S/C10H12N4S.ClH/c1-2-8-9(12-3-1)10(13-15-8)14-6-4-11-5-7-14;/h1-3,11H,4-7H2;1H. The maximum atomic E-state index is 4.50. The Morgan fingerprint density at radius 3 is 2.94 bits per heavy atom. The SMILES string of the molecule is Cl.c1cnc2c(N3CCNCC3)nsc2c1. The smallest absolute Gasteiger partial charge is 0.168 e. The number of anilines is 1. The van der Waals surface area contributed by atoms with Crippen LogP contribution in [0.4, 0.5) is 5.82 Å². The van der Waals surface area contributed by atoms with Gasteiger partial charge in [0, 0.05) is 32.4 Å². The van der Waals surface area contributed by atoms with Crippen molar-refractivity contribution in [3.63, 3.8) is 0 Å². The first kappa shape index (κ1) is 11.6. The molecule has 0 bridgehead atoms. The van der Waals surface area contributed by atoms with Gasteiger partial charge in [-0.05, 0) is 23.7 Å². The first-order valence-corrected chi connectivity index (χ1v) is 5.88. The van der Waals surface area contributed by atoms with Crippen LogP contribution in [0, 0.1) is 0 Å². The largest absolute Gasteiger partial charge is 0.351 e. The Morgan fingerprint density at radius 1 is 1.31 bits per heavy atom. The lowest BCUT2D eigenvalue weighted by atomic mass is 10.3. The fourth-order valence-corrected chi connectivity index (χ4v) is 2.61. The van der Waals surface area contributed by atoms with Crippen LogP contribution < -0.4 is 10.2 Å². The molecule has 0 aromatic carbocycles. The highest BCUT2D eigenvalue weighted by Crippen LogP contribution is 2.27. The van der Waals surface area contributed by atoms with Crippen molar-refractivity contribution in [2.24, 2.45) is 0 Å². The molecule has 86 valence electrons. The zero-order valence-corrected chi connectivity index (χ0v) is 10.4. The van der Waals surface area contributed by atoms with Crippen molar-refractivity contribution in [2.75, 3.05) is 31.1 Å². The lowest BCUT2D eigenvalue weighted by molar-refractivity contribution is 0.587. The summed E-state index contributed by atoms with van der Waals surface area (Å²) in [4.78, 5) is 6.71.